The van der Waals surface area contributed by atoms with Crippen molar-refractivity contribution in [3.8, 4) is 5.75 Å². The Kier molecular flexibility index (Phi) is 5.96. The van der Waals surface area contributed by atoms with Gasteiger partial charge in [0.1, 0.15) is 11.8 Å². The maximum absolute atomic E-state index is 11.9. The number of nitrogens with zero attached hydrogens (tertiary/aromatic N) is 1. The number of rotatable bonds is 7. The van der Waals surface area contributed by atoms with Crippen molar-refractivity contribution in [2.75, 3.05) is 0 Å². The second-order valence-electron chi connectivity index (χ2n) is 4.98. The minimum Gasteiger partial charge on any atom is -0.480 e. The lowest BCUT2D eigenvalue weighted by molar-refractivity contribution is -0.143. The van der Waals surface area contributed by atoms with E-state index in [-0.39, 0.29) is 5.92 Å². The van der Waals surface area contributed by atoms with E-state index in [4.69, 9.17) is 9.84 Å². The lowest BCUT2D eigenvalue weighted by Gasteiger charge is -2.19. The summed E-state index contributed by atoms with van der Waals surface area (Å²) >= 11 is 0. The van der Waals surface area contributed by atoms with E-state index in [0.717, 1.165) is 0 Å². The van der Waals surface area contributed by atoms with E-state index in [1.165, 1.54) is 6.20 Å². The second kappa shape index (κ2) is 7.47. The predicted octanol–water partition coefficient (Wildman–Crippen LogP) is 1.46. The molecule has 0 aromatic carbocycles. The number of hydrogen-bond acceptors (Lipinski definition) is 4. The number of carbonyl (C=O) groups is 2. The number of pyridine rings is 1. The quantitative estimate of drug-likeness (QED) is 0.789. The van der Waals surface area contributed by atoms with Crippen molar-refractivity contribution in [3.63, 3.8) is 0 Å². The maximum atomic E-state index is 11.9. The summed E-state index contributed by atoms with van der Waals surface area (Å²) in [5.41, 5.74) is 0. The van der Waals surface area contributed by atoms with Gasteiger partial charge in [0, 0.05) is 6.20 Å². The highest BCUT2D eigenvalue weighted by molar-refractivity contribution is 5.86. The molecule has 110 valence electrons. The van der Waals surface area contributed by atoms with Crippen molar-refractivity contribution >= 4 is 11.9 Å². The number of carbonyl (C=O) groups excluding carboxylic acids is 1. The van der Waals surface area contributed by atoms with Crippen LogP contribution >= 0.6 is 0 Å². The van der Waals surface area contributed by atoms with Crippen LogP contribution in [0.3, 0.4) is 0 Å². The fourth-order valence-corrected chi connectivity index (χ4v) is 1.66. The second-order valence-corrected chi connectivity index (χ2v) is 4.98. The number of carboxylic acid groups (broad SMARTS) is 1. The molecule has 0 aliphatic heterocycles. The van der Waals surface area contributed by atoms with Crippen molar-refractivity contribution in [2.24, 2.45) is 5.92 Å². The summed E-state index contributed by atoms with van der Waals surface area (Å²) in [7, 11) is 0. The largest absolute Gasteiger partial charge is 0.480 e. The zero-order chi connectivity index (χ0) is 15.1. The zero-order valence-corrected chi connectivity index (χ0v) is 11.9. The highest BCUT2D eigenvalue weighted by atomic mass is 16.5. The molecule has 1 aromatic heterocycles. The molecular formula is C14H20N2O4. The molecule has 1 amide bonds. The molecule has 0 radical (unpaired) electrons. The molecule has 6 nitrogen and oxygen atoms in total. The van der Waals surface area contributed by atoms with Crippen LogP contribution in [0.25, 0.3) is 0 Å². The van der Waals surface area contributed by atoms with Gasteiger partial charge in [-0.25, -0.2) is 4.79 Å². The van der Waals surface area contributed by atoms with Gasteiger partial charge in [0.15, 0.2) is 6.10 Å². The standard InChI is InChI=1S/C14H20N2O4/c1-9(2)7-12(14(18)19)16-13(17)10(3)20-11-5-4-6-15-8-11/h4-6,8-10,12H,7H2,1-3H3,(H,16,17)(H,18,19)/t10?,12-/m0/s1. The Balaban J connectivity index is 2.57. The molecular weight excluding hydrogens is 260 g/mol. The number of amides is 1. The molecule has 1 heterocycles. The Hall–Kier alpha value is -2.11. The van der Waals surface area contributed by atoms with E-state index in [0.29, 0.717) is 12.2 Å². The molecule has 0 fully saturated rings. The van der Waals surface area contributed by atoms with Gasteiger partial charge in [0.2, 0.25) is 0 Å². The smallest absolute Gasteiger partial charge is 0.326 e. The molecule has 0 spiro atoms. The normalized spacial score (nSPS) is 13.6. The molecule has 0 aliphatic carbocycles. The van der Waals surface area contributed by atoms with Gasteiger partial charge < -0.3 is 15.2 Å². The average Bonchev–Trinajstić information content (AvgIpc) is 2.38. The minimum atomic E-state index is -1.04. The summed E-state index contributed by atoms with van der Waals surface area (Å²) in [6.07, 6.45) is 2.68. The number of hydrogen-bond donors (Lipinski definition) is 2. The molecule has 0 saturated carbocycles. The fraction of sp³-hybridized carbons (Fsp3) is 0.500. The Morgan fingerprint density at radius 2 is 2.10 bits per heavy atom. The summed E-state index contributed by atoms with van der Waals surface area (Å²) in [5, 5.41) is 11.6. The number of aromatic nitrogens is 1. The third-order valence-electron chi connectivity index (χ3n) is 2.64. The van der Waals surface area contributed by atoms with Crippen LogP contribution in [0.15, 0.2) is 24.5 Å². The SMILES string of the molecule is CC(C)C[C@H](NC(=O)C(C)Oc1cccnc1)C(=O)O. The number of carboxylic acids is 1. The molecule has 1 aromatic rings. The first-order valence-corrected chi connectivity index (χ1v) is 6.50. The molecule has 1 rings (SSSR count). The van der Waals surface area contributed by atoms with E-state index in [2.05, 4.69) is 10.3 Å². The van der Waals surface area contributed by atoms with E-state index in [1.54, 1.807) is 25.3 Å². The van der Waals surface area contributed by atoms with Crippen molar-refractivity contribution in [1.82, 2.24) is 10.3 Å². The summed E-state index contributed by atoms with van der Waals surface area (Å²) < 4.78 is 5.39. The maximum Gasteiger partial charge on any atom is 0.326 e. The van der Waals surface area contributed by atoms with Gasteiger partial charge in [-0.05, 0) is 31.4 Å². The van der Waals surface area contributed by atoms with Gasteiger partial charge in [0.05, 0.1) is 6.20 Å². The lowest BCUT2D eigenvalue weighted by atomic mass is 10.0. The minimum absolute atomic E-state index is 0.172. The van der Waals surface area contributed by atoms with Crippen molar-refractivity contribution in [1.29, 1.82) is 0 Å². The van der Waals surface area contributed by atoms with Crippen molar-refractivity contribution < 1.29 is 19.4 Å². The first kappa shape index (κ1) is 15.9. The average molecular weight is 280 g/mol. The molecule has 2 atom stereocenters. The first-order chi connectivity index (χ1) is 9.40. The Labute approximate surface area is 118 Å². The van der Waals surface area contributed by atoms with Crippen LogP contribution in [-0.2, 0) is 9.59 Å². The van der Waals surface area contributed by atoms with Gasteiger partial charge in [-0.2, -0.15) is 0 Å². The van der Waals surface area contributed by atoms with Crippen LogP contribution in [0.2, 0.25) is 0 Å². The number of nitrogens with one attached hydrogen (secondary N) is 1. The van der Waals surface area contributed by atoms with Crippen LogP contribution in [0.5, 0.6) is 5.75 Å². The predicted molar refractivity (Wildman–Crippen MR) is 73.3 cm³/mol. The molecule has 0 aliphatic rings. The molecule has 2 N–H and O–H groups in total. The molecule has 6 heteroatoms. The Morgan fingerprint density at radius 1 is 1.40 bits per heavy atom. The van der Waals surface area contributed by atoms with Gasteiger partial charge in [0.25, 0.3) is 5.91 Å². The first-order valence-electron chi connectivity index (χ1n) is 6.50. The highest BCUT2D eigenvalue weighted by Gasteiger charge is 2.24. The van der Waals surface area contributed by atoms with Gasteiger partial charge in [-0.15, -0.1) is 0 Å². The van der Waals surface area contributed by atoms with E-state index < -0.39 is 24.0 Å². The topological polar surface area (TPSA) is 88.5 Å². The number of ether oxygens (including phenoxy) is 1. The highest BCUT2D eigenvalue weighted by Crippen LogP contribution is 2.10. The van der Waals surface area contributed by atoms with Crippen LogP contribution in [-0.4, -0.2) is 34.1 Å². The van der Waals surface area contributed by atoms with E-state index >= 15 is 0 Å². The fourth-order valence-electron chi connectivity index (χ4n) is 1.66. The van der Waals surface area contributed by atoms with E-state index in [9.17, 15) is 9.59 Å². The Bertz CT molecular complexity index is 448. The van der Waals surface area contributed by atoms with Crippen molar-refractivity contribution in [3.05, 3.63) is 24.5 Å². The number of aliphatic carboxylic acids is 1. The van der Waals surface area contributed by atoms with Crippen LogP contribution in [0.4, 0.5) is 0 Å². The zero-order valence-electron chi connectivity index (χ0n) is 11.9. The van der Waals surface area contributed by atoms with Gasteiger partial charge >= 0.3 is 5.97 Å². The Morgan fingerprint density at radius 3 is 2.60 bits per heavy atom. The summed E-state index contributed by atoms with van der Waals surface area (Å²) in [4.78, 5) is 26.9. The van der Waals surface area contributed by atoms with E-state index in [1.807, 2.05) is 13.8 Å². The van der Waals surface area contributed by atoms with Crippen LogP contribution in [0.1, 0.15) is 27.2 Å². The van der Waals surface area contributed by atoms with Gasteiger partial charge in [-0.3, -0.25) is 9.78 Å². The third-order valence-corrected chi connectivity index (χ3v) is 2.64. The third kappa shape index (κ3) is 5.26. The van der Waals surface area contributed by atoms with Crippen molar-refractivity contribution in [2.45, 2.75) is 39.3 Å². The molecule has 0 saturated heterocycles. The van der Waals surface area contributed by atoms with Crippen LogP contribution < -0.4 is 10.1 Å². The van der Waals surface area contributed by atoms with Crippen LogP contribution in [0, 0.1) is 5.92 Å². The summed E-state index contributed by atoms with van der Waals surface area (Å²) in [6.45, 7) is 5.37. The molecule has 20 heavy (non-hydrogen) atoms. The summed E-state index contributed by atoms with van der Waals surface area (Å²) in [6, 6.07) is 2.47. The summed E-state index contributed by atoms with van der Waals surface area (Å²) in [5.74, 6) is -0.862. The molecule has 0 bridgehead atoms. The van der Waals surface area contributed by atoms with Gasteiger partial charge in [-0.1, -0.05) is 13.8 Å². The molecule has 1 unspecified atom stereocenters. The lowest BCUT2D eigenvalue weighted by Crippen LogP contribution is -2.46. The monoisotopic (exact) mass is 280 g/mol.